The Labute approximate surface area is 122 Å². The van der Waals surface area contributed by atoms with E-state index >= 15 is 0 Å². The number of aryl methyl sites for hydroxylation is 1. The van der Waals surface area contributed by atoms with Gasteiger partial charge in [-0.15, -0.1) is 0 Å². The van der Waals surface area contributed by atoms with Crippen molar-refractivity contribution in [3.8, 4) is 0 Å². The van der Waals surface area contributed by atoms with Gasteiger partial charge in [0.25, 0.3) is 0 Å². The van der Waals surface area contributed by atoms with Crippen molar-refractivity contribution in [1.82, 2.24) is 0 Å². The fourth-order valence-corrected chi connectivity index (χ4v) is 2.63. The van der Waals surface area contributed by atoms with E-state index in [0.717, 1.165) is 32.1 Å². The lowest BCUT2D eigenvalue weighted by Crippen LogP contribution is -2.30. The summed E-state index contributed by atoms with van der Waals surface area (Å²) in [4.78, 5) is 0. The van der Waals surface area contributed by atoms with Gasteiger partial charge in [-0.1, -0.05) is 67.6 Å². The molecular formula is C19H24O. The highest BCUT2D eigenvalue weighted by Gasteiger charge is 2.24. The molecule has 0 fully saturated rings. The molecule has 106 valence electrons. The van der Waals surface area contributed by atoms with Crippen LogP contribution < -0.4 is 0 Å². The Hall–Kier alpha value is -1.60. The van der Waals surface area contributed by atoms with Gasteiger partial charge in [-0.2, -0.15) is 0 Å². The van der Waals surface area contributed by atoms with Crippen LogP contribution in [0.3, 0.4) is 0 Å². The van der Waals surface area contributed by atoms with Gasteiger partial charge in [-0.25, -0.2) is 0 Å². The molecule has 0 saturated heterocycles. The minimum Gasteiger partial charge on any atom is -0.390 e. The van der Waals surface area contributed by atoms with Crippen molar-refractivity contribution < 1.29 is 5.11 Å². The summed E-state index contributed by atoms with van der Waals surface area (Å²) in [5, 5.41) is 10.8. The average molecular weight is 268 g/mol. The maximum Gasteiger partial charge on any atom is 0.0685 e. The van der Waals surface area contributed by atoms with Gasteiger partial charge in [0.2, 0.25) is 0 Å². The molecule has 1 atom stereocenters. The second-order valence-corrected chi connectivity index (χ2v) is 5.58. The number of aliphatic hydroxyl groups is 1. The smallest absolute Gasteiger partial charge is 0.0685 e. The molecule has 0 aromatic heterocycles. The van der Waals surface area contributed by atoms with Crippen LogP contribution in [-0.2, 0) is 12.8 Å². The Morgan fingerprint density at radius 3 is 1.95 bits per heavy atom. The fraction of sp³-hybridized carbons (Fsp3) is 0.368. The zero-order valence-corrected chi connectivity index (χ0v) is 12.3. The molecule has 1 unspecified atom stereocenters. The molecule has 0 spiro atoms. The van der Waals surface area contributed by atoms with Gasteiger partial charge in [0.15, 0.2) is 0 Å². The van der Waals surface area contributed by atoms with E-state index in [1.54, 1.807) is 0 Å². The van der Waals surface area contributed by atoms with Crippen molar-refractivity contribution in [3.63, 3.8) is 0 Å². The predicted octanol–water partition coefficient (Wildman–Crippen LogP) is 4.39. The third-order valence-electron chi connectivity index (χ3n) is 3.98. The van der Waals surface area contributed by atoms with Gasteiger partial charge in [0, 0.05) is 6.42 Å². The van der Waals surface area contributed by atoms with Crippen molar-refractivity contribution in [2.45, 2.75) is 44.6 Å². The number of hydrogen-bond donors (Lipinski definition) is 1. The van der Waals surface area contributed by atoms with E-state index in [-0.39, 0.29) is 0 Å². The van der Waals surface area contributed by atoms with E-state index in [2.05, 4.69) is 43.3 Å². The molecular weight excluding hydrogens is 244 g/mol. The van der Waals surface area contributed by atoms with Crippen LogP contribution in [0.1, 0.15) is 37.3 Å². The minimum absolute atomic E-state index is 0.573. The summed E-state index contributed by atoms with van der Waals surface area (Å²) in [6.07, 6.45) is 4.47. The van der Waals surface area contributed by atoms with Crippen LogP contribution in [0.2, 0.25) is 0 Å². The van der Waals surface area contributed by atoms with E-state index in [0.29, 0.717) is 0 Å². The van der Waals surface area contributed by atoms with Crippen molar-refractivity contribution in [2.24, 2.45) is 0 Å². The molecule has 1 N–H and O–H groups in total. The van der Waals surface area contributed by atoms with Crippen LogP contribution in [-0.4, -0.2) is 10.7 Å². The van der Waals surface area contributed by atoms with Crippen LogP contribution in [0.15, 0.2) is 60.7 Å². The second kappa shape index (κ2) is 7.25. The highest BCUT2D eigenvalue weighted by Crippen LogP contribution is 2.23. The first-order chi connectivity index (χ1) is 9.72. The van der Waals surface area contributed by atoms with E-state index in [1.165, 1.54) is 11.1 Å². The lowest BCUT2D eigenvalue weighted by atomic mass is 9.86. The van der Waals surface area contributed by atoms with Gasteiger partial charge < -0.3 is 5.11 Å². The minimum atomic E-state index is -0.573. The molecule has 20 heavy (non-hydrogen) atoms. The Morgan fingerprint density at radius 1 is 0.850 bits per heavy atom. The quantitative estimate of drug-likeness (QED) is 0.789. The molecule has 0 aliphatic carbocycles. The van der Waals surface area contributed by atoms with Crippen LogP contribution in [0, 0.1) is 0 Å². The third kappa shape index (κ3) is 4.50. The molecule has 2 rings (SSSR count). The van der Waals surface area contributed by atoms with E-state index < -0.39 is 5.60 Å². The summed E-state index contributed by atoms with van der Waals surface area (Å²) in [6.45, 7) is 2.07. The van der Waals surface area contributed by atoms with Crippen LogP contribution in [0.4, 0.5) is 0 Å². The Morgan fingerprint density at radius 2 is 1.40 bits per heavy atom. The van der Waals surface area contributed by atoms with Gasteiger partial charge in [0.1, 0.15) is 0 Å². The zero-order chi connectivity index (χ0) is 14.3. The third-order valence-corrected chi connectivity index (χ3v) is 3.98. The summed E-state index contributed by atoms with van der Waals surface area (Å²) < 4.78 is 0. The summed E-state index contributed by atoms with van der Waals surface area (Å²) in [6, 6.07) is 20.8. The number of benzene rings is 2. The molecule has 0 radical (unpaired) electrons. The lowest BCUT2D eigenvalue weighted by Gasteiger charge is -2.27. The molecule has 0 aliphatic rings. The molecule has 2 aromatic carbocycles. The van der Waals surface area contributed by atoms with Gasteiger partial charge in [-0.3, -0.25) is 0 Å². The molecule has 0 heterocycles. The van der Waals surface area contributed by atoms with Crippen LogP contribution in [0.5, 0.6) is 0 Å². The molecule has 0 saturated carbocycles. The number of hydrogen-bond acceptors (Lipinski definition) is 1. The Balaban J connectivity index is 1.87. The van der Waals surface area contributed by atoms with Gasteiger partial charge in [0.05, 0.1) is 5.60 Å². The molecule has 0 amide bonds. The topological polar surface area (TPSA) is 20.2 Å². The monoisotopic (exact) mass is 268 g/mol. The van der Waals surface area contributed by atoms with E-state index in [4.69, 9.17) is 0 Å². The van der Waals surface area contributed by atoms with Gasteiger partial charge >= 0.3 is 0 Å². The number of rotatable bonds is 7. The van der Waals surface area contributed by atoms with Crippen LogP contribution >= 0.6 is 0 Å². The SMILES string of the molecule is CCC(O)(CCCc1ccccc1)Cc1ccccc1. The molecule has 1 heteroatoms. The molecule has 0 bridgehead atoms. The summed E-state index contributed by atoms with van der Waals surface area (Å²) >= 11 is 0. The van der Waals surface area contributed by atoms with Crippen molar-refractivity contribution in [1.29, 1.82) is 0 Å². The standard InChI is InChI=1S/C19H24O/c1-2-19(20,16-18-12-7-4-8-13-18)15-9-14-17-10-5-3-6-11-17/h3-8,10-13,20H,2,9,14-16H2,1H3. The summed E-state index contributed by atoms with van der Waals surface area (Å²) in [5.41, 5.74) is 2.00. The fourth-order valence-electron chi connectivity index (χ4n) is 2.63. The maximum absolute atomic E-state index is 10.8. The molecule has 1 nitrogen and oxygen atoms in total. The van der Waals surface area contributed by atoms with Crippen molar-refractivity contribution in [2.75, 3.05) is 0 Å². The first kappa shape index (κ1) is 14.8. The second-order valence-electron chi connectivity index (χ2n) is 5.58. The van der Waals surface area contributed by atoms with E-state index in [9.17, 15) is 5.11 Å². The zero-order valence-electron chi connectivity index (χ0n) is 12.3. The Bertz CT molecular complexity index is 492. The highest BCUT2D eigenvalue weighted by atomic mass is 16.3. The van der Waals surface area contributed by atoms with Gasteiger partial charge in [-0.05, 0) is 36.8 Å². The largest absolute Gasteiger partial charge is 0.390 e. The highest BCUT2D eigenvalue weighted by molar-refractivity contribution is 5.17. The van der Waals surface area contributed by atoms with Crippen molar-refractivity contribution >= 4 is 0 Å². The molecule has 0 aliphatic heterocycles. The average Bonchev–Trinajstić information content (AvgIpc) is 2.49. The van der Waals surface area contributed by atoms with Crippen LogP contribution in [0.25, 0.3) is 0 Å². The summed E-state index contributed by atoms with van der Waals surface area (Å²) in [5.74, 6) is 0. The first-order valence-corrected chi connectivity index (χ1v) is 7.52. The Kier molecular flexibility index (Phi) is 5.37. The van der Waals surface area contributed by atoms with Crippen molar-refractivity contribution in [3.05, 3.63) is 71.8 Å². The van der Waals surface area contributed by atoms with E-state index in [1.807, 2.05) is 24.3 Å². The summed E-state index contributed by atoms with van der Waals surface area (Å²) in [7, 11) is 0. The first-order valence-electron chi connectivity index (χ1n) is 7.52. The maximum atomic E-state index is 10.8. The normalized spacial score (nSPS) is 13.9. The predicted molar refractivity (Wildman–Crippen MR) is 84.8 cm³/mol. The molecule has 2 aromatic rings. The lowest BCUT2D eigenvalue weighted by molar-refractivity contribution is 0.0259.